The van der Waals surface area contributed by atoms with Crippen LogP contribution in [0.1, 0.15) is 12.1 Å². The van der Waals surface area contributed by atoms with Crippen LogP contribution in [0, 0.1) is 6.92 Å². The molecule has 1 unspecified atom stereocenters. The summed E-state index contributed by atoms with van der Waals surface area (Å²) in [6, 6.07) is 1.55. The predicted octanol–water partition coefficient (Wildman–Crippen LogP) is 1.38. The number of aromatic nitrogens is 2. The molecular formula is C11H16F3N3O2S. The zero-order valence-electron chi connectivity index (χ0n) is 11.2. The molecule has 0 N–H and O–H groups in total. The van der Waals surface area contributed by atoms with E-state index in [2.05, 4.69) is 5.10 Å². The van der Waals surface area contributed by atoms with Gasteiger partial charge in [-0.15, -0.1) is 0 Å². The second-order valence-electron chi connectivity index (χ2n) is 5.10. The first-order chi connectivity index (χ1) is 9.06. The van der Waals surface area contributed by atoms with Gasteiger partial charge in [0.15, 0.2) is 9.84 Å². The summed E-state index contributed by atoms with van der Waals surface area (Å²) in [5.41, 5.74) is 0.479. The molecule has 0 saturated carbocycles. The van der Waals surface area contributed by atoms with Crippen molar-refractivity contribution < 1.29 is 21.6 Å². The summed E-state index contributed by atoms with van der Waals surface area (Å²) >= 11 is 0. The molecule has 2 heterocycles. The maximum absolute atomic E-state index is 12.5. The van der Waals surface area contributed by atoms with Gasteiger partial charge in [-0.2, -0.15) is 18.3 Å². The van der Waals surface area contributed by atoms with E-state index >= 15 is 0 Å². The molecule has 1 atom stereocenters. The van der Waals surface area contributed by atoms with Crippen LogP contribution in [0.5, 0.6) is 0 Å². The quantitative estimate of drug-likeness (QED) is 0.846. The van der Waals surface area contributed by atoms with E-state index in [1.54, 1.807) is 17.9 Å². The van der Waals surface area contributed by atoms with Crippen LogP contribution in [0.2, 0.25) is 0 Å². The van der Waals surface area contributed by atoms with Crippen molar-refractivity contribution in [1.29, 1.82) is 0 Å². The Morgan fingerprint density at radius 3 is 2.60 bits per heavy atom. The van der Waals surface area contributed by atoms with Crippen molar-refractivity contribution in [2.75, 3.05) is 24.2 Å². The molecule has 0 aliphatic carbocycles. The first-order valence-corrected chi connectivity index (χ1v) is 8.07. The molecule has 114 valence electrons. The number of nitrogens with zero attached hydrogens (tertiary/aromatic N) is 3. The summed E-state index contributed by atoms with van der Waals surface area (Å²) in [4.78, 5) is 1.65. The fraction of sp³-hybridized carbons (Fsp3) is 0.727. The molecule has 2 rings (SSSR count). The van der Waals surface area contributed by atoms with Crippen LogP contribution in [0.15, 0.2) is 6.07 Å². The normalized spacial score (nSPS) is 20.6. The Labute approximate surface area is 115 Å². The number of halogens is 3. The van der Waals surface area contributed by atoms with Crippen LogP contribution in [-0.4, -0.2) is 49.0 Å². The smallest absolute Gasteiger partial charge is 0.355 e. The van der Waals surface area contributed by atoms with Crippen LogP contribution in [-0.2, 0) is 16.4 Å². The Kier molecular flexibility index (Phi) is 3.74. The molecule has 1 aromatic heterocycles. The Hall–Kier alpha value is -1.25. The number of alkyl halides is 3. The molecule has 1 saturated heterocycles. The lowest BCUT2D eigenvalue weighted by atomic mass is 10.4. The van der Waals surface area contributed by atoms with Gasteiger partial charge in [0.2, 0.25) is 0 Å². The van der Waals surface area contributed by atoms with E-state index in [4.69, 9.17) is 0 Å². The fourth-order valence-corrected chi connectivity index (χ4v) is 3.34. The molecule has 0 radical (unpaired) electrons. The zero-order valence-corrected chi connectivity index (χ0v) is 12.0. The van der Waals surface area contributed by atoms with Crippen LogP contribution in [0.25, 0.3) is 0 Å². The van der Waals surface area contributed by atoms with E-state index in [-0.39, 0.29) is 6.54 Å². The fourth-order valence-electron chi connectivity index (χ4n) is 2.36. The van der Waals surface area contributed by atoms with Crippen LogP contribution in [0.4, 0.5) is 19.0 Å². The molecule has 0 bridgehead atoms. The molecule has 1 aliphatic rings. The molecule has 1 aliphatic heterocycles. The third-order valence-electron chi connectivity index (χ3n) is 3.28. The lowest BCUT2D eigenvalue weighted by molar-refractivity contribution is -0.142. The molecule has 1 aromatic rings. The minimum Gasteiger partial charge on any atom is -0.355 e. The third kappa shape index (κ3) is 3.44. The predicted molar refractivity (Wildman–Crippen MR) is 68.5 cm³/mol. The van der Waals surface area contributed by atoms with Crippen LogP contribution in [0.3, 0.4) is 0 Å². The molecule has 20 heavy (non-hydrogen) atoms. The van der Waals surface area contributed by atoms with E-state index < -0.39 is 27.8 Å². The number of anilines is 1. The molecule has 9 heteroatoms. The average Bonchev–Trinajstić information content (AvgIpc) is 2.81. The summed E-state index contributed by atoms with van der Waals surface area (Å²) in [5, 5.41) is 3.30. The van der Waals surface area contributed by atoms with Gasteiger partial charge in [0.05, 0.1) is 10.9 Å². The van der Waals surface area contributed by atoms with Crippen molar-refractivity contribution in [3.63, 3.8) is 0 Å². The Balaban J connectivity index is 2.22. The van der Waals surface area contributed by atoms with Gasteiger partial charge in [-0.05, 0) is 13.3 Å². The highest BCUT2D eigenvalue weighted by atomic mass is 32.2. The van der Waals surface area contributed by atoms with Gasteiger partial charge in [0, 0.05) is 25.4 Å². The van der Waals surface area contributed by atoms with E-state index in [0.29, 0.717) is 24.5 Å². The molecule has 0 amide bonds. The van der Waals surface area contributed by atoms with Gasteiger partial charge in [-0.25, -0.2) is 13.1 Å². The summed E-state index contributed by atoms with van der Waals surface area (Å²) in [7, 11) is -3.18. The standard InChI is InChI=1S/C11H16F3N3O2S/c1-8-5-10(17(15-8)7-11(12,13)14)16-4-3-9(6-16)20(2,18)19/h5,9H,3-4,6-7H2,1-2H3. The number of hydrogen-bond acceptors (Lipinski definition) is 4. The minimum absolute atomic E-state index is 0.210. The molecule has 5 nitrogen and oxygen atoms in total. The third-order valence-corrected chi connectivity index (χ3v) is 4.88. The second-order valence-corrected chi connectivity index (χ2v) is 7.43. The highest BCUT2D eigenvalue weighted by Crippen LogP contribution is 2.27. The van der Waals surface area contributed by atoms with Crippen molar-refractivity contribution >= 4 is 15.7 Å². The highest BCUT2D eigenvalue weighted by Gasteiger charge is 2.34. The van der Waals surface area contributed by atoms with Crippen molar-refractivity contribution in [3.8, 4) is 0 Å². The number of rotatable bonds is 3. The maximum Gasteiger partial charge on any atom is 0.408 e. The van der Waals surface area contributed by atoms with Gasteiger partial charge in [-0.3, -0.25) is 0 Å². The van der Waals surface area contributed by atoms with Crippen LogP contribution < -0.4 is 4.90 Å². The van der Waals surface area contributed by atoms with E-state index in [1.807, 2.05) is 0 Å². The summed E-state index contributed by atoms with van der Waals surface area (Å²) in [6.45, 7) is 1.07. The van der Waals surface area contributed by atoms with E-state index in [9.17, 15) is 21.6 Å². The van der Waals surface area contributed by atoms with Gasteiger partial charge in [0.25, 0.3) is 0 Å². The molecular weight excluding hydrogens is 295 g/mol. The average molecular weight is 311 g/mol. The Bertz CT molecular complexity index is 595. The maximum atomic E-state index is 12.5. The monoisotopic (exact) mass is 311 g/mol. The van der Waals surface area contributed by atoms with Crippen LogP contribution >= 0.6 is 0 Å². The van der Waals surface area contributed by atoms with Gasteiger partial charge in [0.1, 0.15) is 12.4 Å². The van der Waals surface area contributed by atoms with Crippen molar-refractivity contribution in [2.24, 2.45) is 0 Å². The SMILES string of the molecule is Cc1cc(N2CCC(S(C)(=O)=O)C2)n(CC(F)(F)F)n1. The Morgan fingerprint density at radius 1 is 1.45 bits per heavy atom. The number of sulfone groups is 1. The summed E-state index contributed by atoms with van der Waals surface area (Å²) in [5.74, 6) is 0.325. The second kappa shape index (κ2) is 4.94. The number of aryl methyl sites for hydroxylation is 1. The van der Waals surface area contributed by atoms with Gasteiger partial charge in [-0.1, -0.05) is 0 Å². The largest absolute Gasteiger partial charge is 0.408 e. The minimum atomic E-state index is -4.36. The van der Waals surface area contributed by atoms with Gasteiger partial charge >= 0.3 is 6.18 Å². The van der Waals surface area contributed by atoms with E-state index in [1.165, 1.54) is 0 Å². The lowest BCUT2D eigenvalue weighted by Crippen LogP contribution is -2.29. The molecule has 0 spiro atoms. The van der Waals surface area contributed by atoms with Crippen molar-refractivity contribution in [3.05, 3.63) is 11.8 Å². The molecule has 1 fully saturated rings. The lowest BCUT2D eigenvalue weighted by Gasteiger charge is -2.20. The highest BCUT2D eigenvalue weighted by molar-refractivity contribution is 7.91. The van der Waals surface area contributed by atoms with Crippen molar-refractivity contribution in [1.82, 2.24) is 9.78 Å². The Morgan fingerprint density at radius 2 is 2.10 bits per heavy atom. The molecule has 0 aromatic carbocycles. The summed E-state index contributed by atoms with van der Waals surface area (Å²) < 4.78 is 61.4. The van der Waals surface area contributed by atoms with Gasteiger partial charge < -0.3 is 4.90 Å². The first-order valence-electron chi connectivity index (χ1n) is 6.11. The van der Waals surface area contributed by atoms with Crippen molar-refractivity contribution in [2.45, 2.75) is 31.3 Å². The van der Waals surface area contributed by atoms with E-state index in [0.717, 1.165) is 10.9 Å². The zero-order chi connectivity index (χ0) is 15.1. The first kappa shape index (κ1) is 15.1. The number of hydrogen-bond donors (Lipinski definition) is 0. The summed E-state index contributed by atoms with van der Waals surface area (Å²) in [6.07, 6.45) is -2.78. The topological polar surface area (TPSA) is 55.2 Å².